The zero-order valence-corrected chi connectivity index (χ0v) is 16.6. The van der Waals surface area contributed by atoms with Crippen LogP contribution in [0.15, 0.2) is 66.7 Å². The number of fused-ring (bicyclic) bond motifs is 1. The molecule has 1 amide bonds. The van der Waals surface area contributed by atoms with Gasteiger partial charge in [0.15, 0.2) is 6.10 Å². The van der Waals surface area contributed by atoms with E-state index in [-0.39, 0.29) is 5.91 Å². The number of nitrogens with one attached hydrogen (secondary N) is 1. The standard InChI is InChI=1S/C23H25NO2S/c1-17-7-9-19(10-8-17)16-27-14-13-24-23(25)18(2)26-22-12-11-20-5-3-4-6-21(20)15-22/h3-12,15,18H,13-14,16H2,1-2H3,(H,24,25)/t18-/m0/s1. The summed E-state index contributed by atoms with van der Waals surface area (Å²) in [7, 11) is 0. The zero-order chi connectivity index (χ0) is 19.1. The molecule has 0 fully saturated rings. The number of benzene rings is 3. The molecule has 0 saturated carbocycles. The molecule has 3 nitrogen and oxygen atoms in total. The van der Waals surface area contributed by atoms with E-state index in [9.17, 15) is 4.79 Å². The number of carbonyl (C=O) groups is 1. The molecule has 3 aromatic rings. The van der Waals surface area contributed by atoms with E-state index in [1.807, 2.05) is 48.2 Å². The Bertz CT molecular complexity index is 892. The summed E-state index contributed by atoms with van der Waals surface area (Å²) in [5, 5.41) is 5.22. The summed E-state index contributed by atoms with van der Waals surface area (Å²) in [5.41, 5.74) is 2.58. The molecule has 0 aliphatic rings. The number of hydrogen-bond acceptors (Lipinski definition) is 3. The predicted octanol–water partition coefficient (Wildman–Crippen LogP) is 4.97. The number of thioether (sulfide) groups is 1. The lowest BCUT2D eigenvalue weighted by Crippen LogP contribution is -2.37. The summed E-state index contributed by atoms with van der Waals surface area (Å²) in [6, 6.07) is 22.6. The Labute approximate surface area is 165 Å². The van der Waals surface area contributed by atoms with Gasteiger partial charge < -0.3 is 10.1 Å². The highest BCUT2D eigenvalue weighted by Crippen LogP contribution is 2.21. The van der Waals surface area contributed by atoms with Crippen molar-refractivity contribution in [3.05, 3.63) is 77.9 Å². The molecule has 1 atom stereocenters. The lowest BCUT2D eigenvalue weighted by Gasteiger charge is -2.15. The van der Waals surface area contributed by atoms with Crippen molar-refractivity contribution in [2.24, 2.45) is 0 Å². The molecule has 3 rings (SSSR count). The number of ether oxygens (including phenoxy) is 1. The van der Waals surface area contributed by atoms with Crippen molar-refractivity contribution in [3.8, 4) is 5.75 Å². The van der Waals surface area contributed by atoms with E-state index in [2.05, 4.69) is 42.6 Å². The summed E-state index contributed by atoms with van der Waals surface area (Å²) in [6.07, 6.45) is -0.520. The van der Waals surface area contributed by atoms with Crippen LogP contribution in [0.5, 0.6) is 5.75 Å². The third-order valence-corrected chi connectivity index (χ3v) is 5.37. The van der Waals surface area contributed by atoms with Crippen molar-refractivity contribution in [2.75, 3.05) is 12.3 Å². The van der Waals surface area contributed by atoms with Gasteiger partial charge in [0.25, 0.3) is 5.91 Å². The molecule has 0 radical (unpaired) electrons. The molecular weight excluding hydrogens is 354 g/mol. The highest BCUT2D eigenvalue weighted by Gasteiger charge is 2.14. The van der Waals surface area contributed by atoms with Gasteiger partial charge >= 0.3 is 0 Å². The first kappa shape index (κ1) is 19.3. The first-order valence-electron chi connectivity index (χ1n) is 9.18. The van der Waals surface area contributed by atoms with Crippen LogP contribution in [0.3, 0.4) is 0 Å². The third-order valence-electron chi connectivity index (χ3n) is 4.34. The Balaban J connectivity index is 1.40. The van der Waals surface area contributed by atoms with Gasteiger partial charge in [-0.3, -0.25) is 4.79 Å². The third kappa shape index (κ3) is 5.76. The second kappa shape index (κ2) is 9.47. The number of carbonyl (C=O) groups excluding carboxylic acids is 1. The van der Waals surface area contributed by atoms with E-state index >= 15 is 0 Å². The van der Waals surface area contributed by atoms with Crippen molar-refractivity contribution >= 4 is 28.4 Å². The lowest BCUT2D eigenvalue weighted by atomic mass is 10.1. The Morgan fingerprint density at radius 2 is 1.78 bits per heavy atom. The second-order valence-corrected chi connectivity index (χ2v) is 7.70. The fourth-order valence-electron chi connectivity index (χ4n) is 2.76. The van der Waals surface area contributed by atoms with Gasteiger partial charge in [-0.1, -0.05) is 60.2 Å². The topological polar surface area (TPSA) is 38.3 Å². The number of rotatable bonds is 8. The van der Waals surface area contributed by atoms with Crippen LogP contribution in [-0.4, -0.2) is 24.3 Å². The Hall–Kier alpha value is -2.46. The average Bonchev–Trinajstić information content (AvgIpc) is 2.69. The van der Waals surface area contributed by atoms with Crippen molar-refractivity contribution in [1.29, 1.82) is 0 Å². The zero-order valence-electron chi connectivity index (χ0n) is 15.8. The van der Waals surface area contributed by atoms with Gasteiger partial charge in [-0.05, 0) is 42.3 Å². The lowest BCUT2D eigenvalue weighted by molar-refractivity contribution is -0.127. The molecular formula is C23H25NO2S. The molecule has 1 N–H and O–H groups in total. The maximum absolute atomic E-state index is 12.2. The van der Waals surface area contributed by atoms with Crippen molar-refractivity contribution in [3.63, 3.8) is 0 Å². The van der Waals surface area contributed by atoms with Crippen molar-refractivity contribution in [2.45, 2.75) is 25.7 Å². The van der Waals surface area contributed by atoms with E-state index in [0.717, 1.165) is 22.3 Å². The molecule has 0 aliphatic carbocycles. The van der Waals surface area contributed by atoms with Crippen molar-refractivity contribution < 1.29 is 9.53 Å². The first-order valence-corrected chi connectivity index (χ1v) is 10.3. The smallest absolute Gasteiger partial charge is 0.260 e. The summed E-state index contributed by atoms with van der Waals surface area (Å²) in [4.78, 5) is 12.2. The number of hydrogen-bond donors (Lipinski definition) is 1. The van der Waals surface area contributed by atoms with Gasteiger partial charge in [0.1, 0.15) is 5.75 Å². The molecule has 0 aliphatic heterocycles. The Kier molecular flexibility index (Phi) is 6.77. The Morgan fingerprint density at radius 1 is 1.04 bits per heavy atom. The first-order chi connectivity index (χ1) is 13.1. The minimum absolute atomic E-state index is 0.0842. The monoisotopic (exact) mass is 379 g/mol. The van der Waals surface area contributed by atoms with Gasteiger partial charge in [-0.2, -0.15) is 11.8 Å². The van der Waals surface area contributed by atoms with Gasteiger partial charge in [0.2, 0.25) is 0 Å². The highest BCUT2D eigenvalue weighted by molar-refractivity contribution is 7.98. The average molecular weight is 380 g/mol. The van der Waals surface area contributed by atoms with Gasteiger partial charge in [0, 0.05) is 18.1 Å². The summed E-state index contributed by atoms with van der Waals surface area (Å²) in [5.74, 6) is 2.46. The van der Waals surface area contributed by atoms with Gasteiger partial charge in [-0.25, -0.2) is 0 Å². The van der Waals surface area contributed by atoms with Crippen LogP contribution in [0.2, 0.25) is 0 Å². The van der Waals surface area contributed by atoms with Crippen LogP contribution in [0.1, 0.15) is 18.1 Å². The van der Waals surface area contributed by atoms with Crippen LogP contribution >= 0.6 is 11.8 Å². The van der Waals surface area contributed by atoms with E-state index in [1.54, 1.807) is 6.92 Å². The molecule has 0 aromatic heterocycles. The van der Waals surface area contributed by atoms with E-state index in [1.165, 1.54) is 11.1 Å². The summed E-state index contributed by atoms with van der Waals surface area (Å²) in [6.45, 7) is 4.51. The number of aryl methyl sites for hydroxylation is 1. The van der Waals surface area contributed by atoms with E-state index in [4.69, 9.17) is 4.74 Å². The van der Waals surface area contributed by atoms with Gasteiger partial charge in [0.05, 0.1) is 0 Å². The molecule has 4 heteroatoms. The summed E-state index contributed by atoms with van der Waals surface area (Å²) >= 11 is 1.82. The normalized spacial score (nSPS) is 11.9. The fraction of sp³-hybridized carbons (Fsp3) is 0.261. The minimum atomic E-state index is -0.520. The van der Waals surface area contributed by atoms with E-state index in [0.29, 0.717) is 12.3 Å². The van der Waals surface area contributed by atoms with Crippen molar-refractivity contribution in [1.82, 2.24) is 5.32 Å². The predicted molar refractivity (Wildman–Crippen MR) is 114 cm³/mol. The molecule has 0 bridgehead atoms. The van der Waals surface area contributed by atoms with Crippen LogP contribution in [0.25, 0.3) is 10.8 Å². The molecule has 0 heterocycles. The van der Waals surface area contributed by atoms with Gasteiger partial charge in [-0.15, -0.1) is 0 Å². The minimum Gasteiger partial charge on any atom is -0.481 e. The molecule has 140 valence electrons. The van der Waals surface area contributed by atoms with E-state index < -0.39 is 6.10 Å². The Morgan fingerprint density at radius 3 is 2.56 bits per heavy atom. The number of amides is 1. The van der Waals surface area contributed by atoms with Crippen LogP contribution in [0, 0.1) is 6.92 Å². The molecule has 27 heavy (non-hydrogen) atoms. The maximum atomic E-state index is 12.2. The summed E-state index contributed by atoms with van der Waals surface area (Å²) < 4.78 is 5.80. The van der Waals surface area contributed by atoms with Crippen LogP contribution < -0.4 is 10.1 Å². The highest BCUT2D eigenvalue weighted by atomic mass is 32.2. The maximum Gasteiger partial charge on any atom is 0.260 e. The molecule has 3 aromatic carbocycles. The largest absolute Gasteiger partial charge is 0.481 e. The van der Waals surface area contributed by atoms with Crippen LogP contribution in [-0.2, 0) is 10.5 Å². The fourth-order valence-corrected chi connectivity index (χ4v) is 3.58. The molecule has 0 saturated heterocycles. The molecule has 0 spiro atoms. The molecule has 0 unspecified atom stereocenters. The van der Waals surface area contributed by atoms with Crippen LogP contribution in [0.4, 0.5) is 0 Å². The quantitative estimate of drug-likeness (QED) is 0.562. The SMILES string of the molecule is Cc1ccc(CSCCNC(=O)[C@H](C)Oc2ccc3ccccc3c2)cc1. The second-order valence-electron chi connectivity index (χ2n) is 6.60.